The van der Waals surface area contributed by atoms with E-state index in [1.54, 1.807) is 19.9 Å². The molecule has 1 amide bonds. The van der Waals surface area contributed by atoms with E-state index in [1.165, 1.54) is 12.2 Å². The highest BCUT2D eigenvalue weighted by Crippen LogP contribution is 2.29. The first-order valence-corrected chi connectivity index (χ1v) is 9.73. The number of nitrogens with two attached hydrogens (primary N) is 1. The van der Waals surface area contributed by atoms with Gasteiger partial charge in [0.2, 0.25) is 10.0 Å². The summed E-state index contributed by atoms with van der Waals surface area (Å²) in [5, 5.41) is 2.14. The summed E-state index contributed by atoms with van der Waals surface area (Å²) >= 11 is 6.07. The maximum absolute atomic E-state index is 14.1. The highest BCUT2D eigenvalue weighted by atomic mass is 35.5. The highest BCUT2D eigenvalue weighted by Gasteiger charge is 2.21. The fourth-order valence-electron chi connectivity index (χ4n) is 1.93. The van der Waals surface area contributed by atoms with Crippen molar-refractivity contribution < 1.29 is 17.6 Å². The van der Waals surface area contributed by atoms with Gasteiger partial charge in [-0.1, -0.05) is 31.2 Å². The van der Waals surface area contributed by atoms with Gasteiger partial charge in [0, 0.05) is 11.4 Å². The van der Waals surface area contributed by atoms with Crippen LogP contribution < -0.4 is 15.8 Å². The van der Waals surface area contributed by atoms with Gasteiger partial charge in [-0.3, -0.25) is 9.52 Å². The lowest BCUT2D eigenvalue weighted by atomic mass is 10.1. The SMILES string of the molecule is C=C(N)/C=C\C(=C/C)NC(=O)c1c(F)ccc(NS(=O)(=O)CCC)c1Cl. The van der Waals surface area contributed by atoms with Gasteiger partial charge in [0.15, 0.2) is 0 Å². The molecule has 1 rings (SSSR count). The predicted molar refractivity (Wildman–Crippen MR) is 103 cm³/mol. The van der Waals surface area contributed by atoms with Gasteiger partial charge in [-0.15, -0.1) is 0 Å². The summed E-state index contributed by atoms with van der Waals surface area (Å²) in [6, 6.07) is 2.13. The fraction of sp³-hybridized carbons (Fsp3) is 0.235. The van der Waals surface area contributed by atoms with Crippen LogP contribution in [0.15, 0.2) is 48.3 Å². The average Bonchev–Trinajstić information content (AvgIpc) is 2.54. The van der Waals surface area contributed by atoms with Gasteiger partial charge in [-0.05, 0) is 37.6 Å². The number of sulfonamides is 1. The first kappa shape index (κ1) is 21.7. The largest absolute Gasteiger partial charge is 0.399 e. The topological polar surface area (TPSA) is 101 Å². The molecule has 142 valence electrons. The molecule has 1 aromatic rings. The van der Waals surface area contributed by atoms with Crippen LogP contribution in [-0.4, -0.2) is 20.1 Å². The number of amides is 1. The van der Waals surface area contributed by atoms with Crippen LogP contribution in [0.3, 0.4) is 0 Å². The molecule has 0 saturated heterocycles. The number of carbonyl (C=O) groups is 1. The van der Waals surface area contributed by atoms with E-state index >= 15 is 0 Å². The molecule has 1 aromatic carbocycles. The Hall–Kier alpha value is -2.32. The molecule has 6 nitrogen and oxygen atoms in total. The lowest BCUT2D eigenvalue weighted by molar-refractivity contribution is 0.0963. The highest BCUT2D eigenvalue weighted by molar-refractivity contribution is 7.92. The fourth-order valence-corrected chi connectivity index (χ4v) is 3.41. The third kappa shape index (κ3) is 6.20. The van der Waals surface area contributed by atoms with Gasteiger partial charge in [0.1, 0.15) is 5.82 Å². The molecule has 0 aromatic heterocycles. The number of nitrogens with one attached hydrogen (secondary N) is 2. The molecule has 0 aliphatic rings. The van der Waals surface area contributed by atoms with Gasteiger partial charge in [-0.25, -0.2) is 12.8 Å². The minimum atomic E-state index is -3.64. The first-order valence-electron chi connectivity index (χ1n) is 7.69. The summed E-state index contributed by atoms with van der Waals surface area (Å²) in [7, 11) is -3.64. The average molecular weight is 402 g/mol. The van der Waals surface area contributed by atoms with Crippen molar-refractivity contribution in [1.82, 2.24) is 5.32 Å². The summed E-state index contributed by atoms with van der Waals surface area (Å²) < 4.78 is 40.2. The third-order valence-electron chi connectivity index (χ3n) is 3.10. The van der Waals surface area contributed by atoms with Gasteiger partial charge in [0.25, 0.3) is 5.91 Å². The summed E-state index contributed by atoms with van der Waals surface area (Å²) in [6.45, 7) is 6.85. The molecule has 0 saturated carbocycles. The minimum Gasteiger partial charge on any atom is -0.399 e. The van der Waals surface area contributed by atoms with Crippen molar-refractivity contribution >= 4 is 33.2 Å². The van der Waals surface area contributed by atoms with E-state index < -0.39 is 27.3 Å². The molecule has 0 aliphatic carbocycles. The molecule has 0 spiro atoms. The summed E-state index contributed by atoms with van der Waals surface area (Å²) in [6.07, 6.45) is 4.91. The number of hydrogen-bond acceptors (Lipinski definition) is 4. The van der Waals surface area contributed by atoms with Gasteiger partial charge < -0.3 is 11.1 Å². The molecule has 26 heavy (non-hydrogen) atoms. The quantitative estimate of drug-likeness (QED) is 0.581. The maximum atomic E-state index is 14.1. The van der Waals surface area contributed by atoms with Gasteiger partial charge >= 0.3 is 0 Å². The first-order chi connectivity index (χ1) is 12.1. The molecule has 4 N–H and O–H groups in total. The number of halogens is 2. The van der Waals surface area contributed by atoms with Crippen molar-refractivity contribution in [2.24, 2.45) is 5.73 Å². The van der Waals surface area contributed by atoms with Gasteiger partial charge in [0.05, 0.1) is 22.0 Å². The Morgan fingerprint density at radius 2 is 2.04 bits per heavy atom. The second kappa shape index (κ2) is 9.40. The maximum Gasteiger partial charge on any atom is 0.260 e. The lowest BCUT2D eigenvalue weighted by Gasteiger charge is -2.13. The van der Waals surface area contributed by atoms with Crippen LogP contribution in [0.25, 0.3) is 0 Å². The predicted octanol–water partition coefficient (Wildman–Crippen LogP) is 3.29. The van der Waals surface area contributed by atoms with Crippen molar-refractivity contribution in [3.8, 4) is 0 Å². The molecule has 9 heteroatoms. The zero-order chi connectivity index (χ0) is 19.9. The Bertz CT molecular complexity index is 864. The molecule has 0 heterocycles. The smallest absolute Gasteiger partial charge is 0.260 e. The van der Waals surface area contributed by atoms with Crippen LogP contribution in [-0.2, 0) is 10.0 Å². The molecular formula is C17H21ClFN3O3S. The van der Waals surface area contributed by atoms with E-state index in [9.17, 15) is 17.6 Å². The van der Waals surface area contributed by atoms with Crippen LogP contribution in [0.4, 0.5) is 10.1 Å². The van der Waals surface area contributed by atoms with E-state index in [1.807, 2.05) is 0 Å². The van der Waals surface area contributed by atoms with Crippen molar-refractivity contribution in [1.29, 1.82) is 0 Å². The number of hydrogen-bond donors (Lipinski definition) is 3. The Morgan fingerprint density at radius 3 is 2.58 bits per heavy atom. The number of rotatable bonds is 8. The van der Waals surface area contributed by atoms with E-state index in [-0.39, 0.29) is 22.2 Å². The summed E-state index contributed by atoms with van der Waals surface area (Å²) in [4.78, 5) is 12.4. The normalized spacial score (nSPS) is 12.2. The molecule has 0 fully saturated rings. The Balaban J connectivity index is 3.18. The van der Waals surface area contributed by atoms with Crippen molar-refractivity contribution in [3.63, 3.8) is 0 Å². The molecular weight excluding hydrogens is 381 g/mol. The molecule has 0 atom stereocenters. The van der Waals surface area contributed by atoms with Crippen LogP contribution in [0.5, 0.6) is 0 Å². The summed E-state index contributed by atoms with van der Waals surface area (Å²) in [5.41, 5.74) is 5.50. The molecule has 0 bridgehead atoms. The monoisotopic (exact) mass is 401 g/mol. The number of carbonyl (C=O) groups excluding carboxylic acids is 1. The Labute approximate surface area is 157 Å². The second-order valence-electron chi connectivity index (χ2n) is 5.31. The zero-order valence-corrected chi connectivity index (χ0v) is 16.0. The number of anilines is 1. The standard InChI is InChI=1S/C17H21ClFN3O3S/c1-4-10-26(24,25)22-14-9-8-13(19)15(16(14)18)17(23)21-12(5-2)7-6-11(3)20/h5-9,22H,3-4,10,20H2,1-2H3,(H,21,23)/b7-6-,12-5+. The van der Waals surface area contributed by atoms with E-state index in [0.717, 1.165) is 12.1 Å². The van der Waals surface area contributed by atoms with E-state index in [0.29, 0.717) is 12.1 Å². The molecule has 0 aliphatic heterocycles. The minimum absolute atomic E-state index is 0.0698. The van der Waals surface area contributed by atoms with Crippen molar-refractivity contribution in [3.05, 3.63) is 64.7 Å². The number of allylic oxidation sites excluding steroid dienone is 3. The van der Waals surface area contributed by atoms with Crippen LogP contribution in [0, 0.1) is 5.82 Å². The summed E-state index contributed by atoms with van der Waals surface area (Å²) in [5.74, 6) is -1.84. The van der Waals surface area contributed by atoms with Crippen molar-refractivity contribution in [2.45, 2.75) is 20.3 Å². The molecule has 0 unspecified atom stereocenters. The second-order valence-corrected chi connectivity index (χ2v) is 7.53. The molecule has 0 radical (unpaired) electrons. The van der Waals surface area contributed by atoms with Crippen LogP contribution in [0.1, 0.15) is 30.6 Å². The van der Waals surface area contributed by atoms with E-state index in [4.69, 9.17) is 17.3 Å². The Morgan fingerprint density at radius 1 is 1.38 bits per heavy atom. The van der Waals surface area contributed by atoms with Crippen LogP contribution >= 0.6 is 11.6 Å². The third-order valence-corrected chi connectivity index (χ3v) is 4.97. The zero-order valence-electron chi connectivity index (χ0n) is 14.5. The van der Waals surface area contributed by atoms with Crippen LogP contribution in [0.2, 0.25) is 5.02 Å². The Kier molecular flexibility index (Phi) is 7.85. The van der Waals surface area contributed by atoms with Gasteiger partial charge in [-0.2, -0.15) is 0 Å². The van der Waals surface area contributed by atoms with E-state index in [2.05, 4.69) is 16.6 Å². The number of benzene rings is 1. The van der Waals surface area contributed by atoms with Crippen molar-refractivity contribution in [2.75, 3.05) is 10.5 Å². The lowest BCUT2D eigenvalue weighted by Crippen LogP contribution is -2.24.